The number of nitrogen functional groups attached to an aromatic ring is 1. The summed E-state index contributed by atoms with van der Waals surface area (Å²) in [5.41, 5.74) is 6.58. The molecule has 0 atom stereocenters. The number of carbonyl (C=O) groups is 2. The summed E-state index contributed by atoms with van der Waals surface area (Å²) >= 11 is 0. The van der Waals surface area contributed by atoms with E-state index in [4.69, 9.17) is 10.8 Å². The molecule has 1 aromatic rings. The number of nitrogens with zero attached hydrogens (tertiary/aromatic N) is 1. The highest BCUT2D eigenvalue weighted by molar-refractivity contribution is 5.95. The van der Waals surface area contributed by atoms with E-state index >= 15 is 0 Å². The van der Waals surface area contributed by atoms with Crippen LogP contribution in [0.25, 0.3) is 0 Å². The van der Waals surface area contributed by atoms with Crippen LogP contribution in [-0.2, 0) is 9.59 Å². The van der Waals surface area contributed by atoms with E-state index in [-0.39, 0.29) is 12.5 Å². The van der Waals surface area contributed by atoms with Gasteiger partial charge < -0.3 is 15.7 Å². The van der Waals surface area contributed by atoms with Crippen LogP contribution in [0.4, 0.5) is 11.4 Å². The summed E-state index contributed by atoms with van der Waals surface area (Å²) in [5, 5.41) is 8.63. The molecule has 3 N–H and O–H groups in total. The molecule has 1 aromatic carbocycles. The van der Waals surface area contributed by atoms with E-state index in [1.54, 1.807) is 24.3 Å². The average molecular weight is 208 g/mol. The highest BCUT2D eigenvalue weighted by Crippen LogP contribution is 2.16. The van der Waals surface area contributed by atoms with Crippen molar-refractivity contribution < 1.29 is 14.7 Å². The van der Waals surface area contributed by atoms with Crippen molar-refractivity contribution in [2.75, 3.05) is 17.2 Å². The van der Waals surface area contributed by atoms with Crippen molar-refractivity contribution in [1.82, 2.24) is 0 Å². The van der Waals surface area contributed by atoms with Crippen LogP contribution in [-0.4, -0.2) is 23.5 Å². The van der Waals surface area contributed by atoms with Gasteiger partial charge in [-0.2, -0.15) is 0 Å². The topological polar surface area (TPSA) is 83.6 Å². The van der Waals surface area contributed by atoms with Crippen LogP contribution in [0.1, 0.15) is 6.92 Å². The first kappa shape index (κ1) is 11.0. The fraction of sp³-hybridized carbons (Fsp3) is 0.200. The lowest BCUT2D eigenvalue weighted by Crippen LogP contribution is -2.33. The van der Waals surface area contributed by atoms with Gasteiger partial charge in [0.25, 0.3) is 0 Å². The molecule has 5 nitrogen and oxygen atoms in total. The van der Waals surface area contributed by atoms with Gasteiger partial charge in [0.05, 0.1) is 0 Å². The number of rotatable bonds is 3. The quantitative estimate of drug-likeness (QED) is 0.716. The van der Waals surface area contributed by atoms with Crippen molar-refractivity contribution in [3.05, 3.63) is 24.3 Å². The van der Waals surface area contributed by atoms with Gasteiger partial charge in [0.1, 0.15) is 6.54 Å². The lowest BCUT2D eigenvalue weighted by atomic mass is 10.2. The average Bonchev–Trinajstić information content (AvgIpc) is 2.15. The molecule has 0 unspecified atom stereocenters. The molecule has 0 aliphatic heterocycles. The molecule has 0 fully saturated rings. The van der Waals surface area contributed by atoms with Crippen LogP contribution >= 0.6 is 0 Å². The fourth-order valence-electron chi connectivity index (χ4n) is 1.17. The zero-order valence-electron chi connectivity index (χ0n) is 8.30. The zero-order valence-corrected chi connectivity index (χ0v) is 8.30. The summed E-state index contributed by atoms with van der Waals surface area (Å²) in [5.74, 6) is -1.37. The second kappa shape index (κ2) is 4.45. The highest BCUT2D eigenvalue weighted by Gasteiger charge is 2.14. The Labute approximate surface area is 87.1 Å². The van der Waals surface area contributed by atoms with Crippen LogP contribution in [0.3, 0.4) is 0 Å². The third kappa shape index (κ3) is 2.98. The number of carboxylic acid groups (broad SMARTS) is 1. The third-order valence-electron chi connectivity index (χ3n) is 1.88. The van der Waals surface area contributed by atoms with E-state index < -0.39 is 5.97 Å². The van der Waals surface area contributed by atoms with Gasteiger partial charge >= 0.3 is 5.97 Å². The van der Waals surface area contributed by atoms with Gasteiger partial charge in [-0.1, -0.05) is 0 Å². The minimum Gasteiger partial charge on any atom is -0.480 e. The molecule has 1 amide bonds. The third-order valence-corrected chi connectivity index (χ3v) is 1.88. The summed E-state index contributed by atoms with van der Waals surface area (Å²) < 4.78 is 0. The molecule has 0 bridgehead atoms. The van der Waals surface area contributed by atoms with E-state index in [0.29, 0.717) is 11.4 Å². The molecule has 0 aromatic heterocycles. The van der Waals surface area contributed by atoms with Gasteiger partial charge in [-0.3, -0.25) is 9.59 Å². The van der Waals surface area contributed by atoms with Crippen LogP contribution in [0.2, 0.25) is 0 Å². The summed E-state index contributed by atoms with van der Waals surface area (Å²) in [6.07, 6.45) is 0. The Balaban J connectivity index is 2.94. The van der Waals surface area contributed by atoms with E-state index in [1.807, 2.05) is 0 Å². The van der Waals surface area contributed by atoms with Crippen LogP contribution < -0.4 is 10.6 Å². The standard InChI is InChI=1S/C10H12N2O3/c1-7(13)12(6-10(14)15)9-4-2-8(11)3-5-9/h2-5H,6,11H2,1H3,(H,14,15). The molecule has 80 valence electrons. The van der Waals surface area contributed by atoms with Gasteiger partial charge in [-0.25, -0.2) is 0 Å². The van der Waals surface area contributed by atoms with Crippen molar-refractivity contribution in [3.8, 4) is 0 Å². The van der Waals surface area contributed by atoms with Gasteiger partial charge in [0, 0.05) is 18.3 Å². The molecule has 0 spiro atoms. The fourth-order valence-corrected chi connectivity index (χ4v) is 1.17. The monoisotopic (exact) mass is 208 g/mol. The Bertz CT molecular complexity index is 373. The first-order valence-electron chi connectivity index (χ1n) is 4.36. The summed E-state index contributed by atoms with van der Waals surface area (Å²) in [6.45, 7) is 0.971. The molecule has 0 aliphatic rings. The van der Waals surface area contributed by atoms with E-state index in [1.165, 1.54) is 11.8 Å². The SMILES string of the molecule is CC(=O)N(CC(=O)O)c1ccc(N)cc1. The van der Waals surface area contributed by atoms with Crippen LogP contribution in [0.15, 0.2) is 24.3 Å². The summed E-state index contributed by atoms with van der Waals surface area (Å²) in [4.78, 5) is 22.9. The zero-order chi connectivity index (χ0) is 11.4. The predicted molar refractivity (Wildman–Crippen MR) is 56.5 cm³/mol. The first-order valence-corrected chi connectivity index (χ1v) is 4.36. The number of carboxylic acids is 1. The number of hydrogen-bond donors (Lipinski definition) is 2. The van der Waals surface area contributed by atoms with Gasteiger partial charge in [-0.05, 0) is 24.3 Å². The lowest BCUT2D eigenvalue weighted by molar-refractivity contribution is -0.136. The lowest BCUT2D eigenvalue weighted by Gasteiger charge is -2.18. The Kier molecular flexibility index (Phi) is 3.28. The molecular weight excluding hydrogens is 196 g/mol. The molecular formula is C10H12N2O3. The second-order valence-corrected chi connectivity index (χ2v) is 3.09. The van der Waals surface area contributed by atoms with Crippen LogP contribution in [0, 0.1) is 0 Å². The summed E-state index contributed by atoms with van der Waals surface area (Å²) in [6, 6.07) is 6.46. The van der Waals surface area contributed by atoms with Gasteiger partial charge in [0.2, 0.25) is 5.91 Å². The number of hydrogen-bond acceptors (Lipinski definition) is 3. The molecule has 0 saturated heterocycles. The normalized spacial score (nSPS) is 9.67. The predicted octanol–water partition coefficient (Wildman–Crippen LogP) is 0.706. The number of amides is 1. The number of benzene rings is 1. The van der Waals surface area contributed by atoms with E-state index in [9.17, 15) is 9.59 Å². The van der Waals surface area contributed by atoms with Crippen molar-refractivity contribution in [2.24, 2.45) is 0 Å². The second-order valence-electron chi connectivity index (χ2n) is 3.09. The minimum absolute atomic E-state index is 0.317. The summed E-state index contributed by atoms with van der Waals surface area (Å²) in [7, 11) is 0. The molecule has 5 heteroatoms. The Morgan fingerprint density at radius 1 is 1.33 bits per heavy atom. The smallest absolute Gasteiger partial charge is 0.323 e. The van der Waals surface area contributed by atoms with Crippen molar-refractivity contribution in [1.29, 1.82) is 0 Å². The molecule has 0 radical (unpaired) electrons. The highest BCUT2D eigenvalue weighted by atomic mass is 16.4. The number of nitrogens with two attached hydrogens (primary N) is 1. The first-order chi connectivity index (χ1) is 7.00. The molecule has 0 saturated carbocycles. The van der Waals surface area contributed by atoms with E-state index in [2.05, 4.69) is 0 Å². The maximum Gasteiger partial charge on any atom is 0.323 e. The molecule has 0 heterocycles. The maximum absolute atomic E-state index is 11.2. The Hall–Kier alpha value is -2.04. The van der Waals surface area contributed by atoms with Crippen molar-refractivity contribution >= 4 is 23.3 Å². The maximum atomic E-state index is 11.2. The Morgan fingerprint density at radius 3 is 2.27 bits per heavy atom. The van der Waals surface area contributed by atoms with Crippen molar-refractivity contribution in [3.63, 3.8) is 0 Å². The number of anilines is 2. The largest absolute Gasteiger partial charge is 0.480 e. The van der Waals surface area contributed by atoms with Crippen molar-refractivity contribution in [2.45, 2.75) is 6.92 Å². The van der Waals surface area contributed by atoms with E-state index in [0.717, 1.165) is 0 Å². The van der Waals surface area contributed by atoms with Gasteiger partial charge in [0.15, 0.2) is 0 Å². The molecule has 1 rings (SSSR count). The number of aliphatic carboxylic acids is 1. The molecule has 0 aliphatic carbocycles. The van der Waals surface area contributed by atoms with Gasteiger partial charge in [-0.15, -0.1) is 0 Å². The number of carbonyl (C=O) groups excluding carboxylic acids is 1. The molecule has 15 heavy (non-hydrogen) atoms. The van der Waals surface area contributed by atoms with Crippen LogP contribution in [0.5, 0.6) is 0 Å². The Morgan fingerprint density at radius 2 is 1.87 bits per heavy atom. The minimum atomic E-state index is -1.05.